The quantitative estimate of drug-likeness (QED) is 0.802. The maximum absolute atomic E-state index is 12.6. The summed E-state index contributed by atoms with van der Waals surface area (Å²) in [6.07, 6.45) is 2.89. The van der Waals surface area contributed by atoms with Gasteiger partial charge in [-0.1, -0.05) is 12.1 Å². The third-order valence-electron chi connectivity index (χ3n) is 3.63. The van der Waals surface area contributed by atoms with Crippen LogP contribution in [0.1, 0.15) is 24.8 Å². The second-order valence-electron chi connectivity index (χ2n) is 5.17. The van der Waals surface area contributed by atoms with E-state index in [4.69, 9.17) is 11.6 Å². The highest BCUT2D eigenvalue weighted by Gasteiger charge is 2.29. The molecule has 1 atom stereocenters. The van der Waals surface area contributed by atoms with E-state index in [-0.39, 0.29) is 0 Å². The Morgan fingerprint density at radius 2 is 2.21 bits per heavy atom. The van der Waals surface area contributed by atoms with Gasteiger partial charge in [-0.15, -0.1) is 11.6 Å². The topological polar surface area (TPSA) is 37.4 Å². The summed E-state index contributed by atoms with van der Waals surface area (Å²) in [5, 5.41) is 0. The molecule has 0 bridgehead atoms. The first kappa shape index (κ1) is 14.8. The van der Waals surface area contributed by atoms with Crippen molar-refractivity contribution in [2.45, 2.75) is 31.1 Å². The van der Waals surface area contributed by atoms with Gasteiger partial charge in [-0.25, -0.2) is 8.42 Å². The summed E-state index contributed by atoms with van der Waals surface area (Å²) < 4.78 is 26.8. The Hall–Kier alpha value is -0.580. The van der Waals surface area contributed by atoms with Gasteiger partial charge in [-0.2, -0.15) is 4.31 Å². The van der Waals surface area contributed by atoms with E-state index in [1.807, 2.05) is 13.0 Å². The van der Waals surface area contributed by atoms with Crippen molar-refractivity contribution in [1.29, 1.82) is 0 Å². The Labute approximate surface area is 120 Å². The van der Waals surface area contributed by atoms with Crippen LogP contribution in [0.2, 0.25) is 0 Å². The molecule has 0 N–H and O–H groups in total. The zero-order valence-corrected chi connectivity index (χ0v) is 12.8. The lowest BCUT2D eigenvalue weighted by Crippen LogP contribution is -2.40. The fraction of sp³-hybridized carbons (Fsp3) is 0.571. The average molecular weight is 302 g/mol. The summed E-state index contributed by atoms with van der Waals surface area (Å²) in [4.78, 5) is 0.402. The highest BCUT2D eigenvalue weighted by Crippen LogP contribution is 2.26. The van der Waals surface area contributed by atoms with E-state index in [9.17, 15) is 8.42 Å². The molecule has 3 nitrogen and oxygen atoms in total. The number of aryl methyl sites for hydroxylation is 1. The van der Waals surface area contributed by atoms with Crippen molar-refractivity contribution < 1.29 is 8.42 Å². The molecule has 1 aromatic rings. The Bertz CT molecular complexity index is 528. The smallest absolute Gasteiger partial charge is 0.207 e. The summed E-state index contributed by atoms with van der Waals surface area (Å²) in [6, 6.07) is 7.11. The van der Waals surface area contributed by atoms with E-state index in [1.54, 1.807) is 22.5 Å². The van der Waals surface area contributed by atoms with Gasteiger partial charge < -0.3 is 0 Å². The number of benzene rings is 1. The monoisotopic (exact) mass is 301 g/mol. The predicted molar refractivity (Wildman–Crippen MR) is 78.0 cm³/mol. The number of piperidine rings is 1. The van der Waals surface area contributed by atoms with Crippen molar-refractivity contribution >= 4 is 21.6 Å². The molecular formula is C14H20ClNO2S. The number of hydrogen-bond acceptors (Lipinski definition) is 2. The van der Waals surface area contributed by atoms with Gasteiger partial charge in [0, 0.05) is 19.0 Å². The molecule has 0 spiro atoms. The molecule has 1 aliphatic rings. The van der Waals surface area contributed by atoms with Crippen molar-refractivity contribution in [2.24, 2.45) is 5.92 Å². The van der Waals surface area contributed by atoms with Gasteiger partial charge in [-0.05, 0) is 49.8 Å². The Balaban J connectivity index is 2.19. The van der Waals surface area contributed by atoms with Crippen LogP contribution in [0, 0.1) is 12.8 Å². The number of alkyl halides is 1. The van der Waals surface area contributed by atoms with Gasteiger partial charge in [-0.3, -0.25) is 0 Å². The SMILES string of the molecule is Cc1cccc(S(=O)(=O)N2CCCC(CCCl)C2)c1. The van der Waals surface area contributed by atoms with Gasteiger partial charge in [0.25, 0.3) is 0 Å². The van der Waals surface area contributed by atoms with Crippen molar-refractivity contribution in [3.63, 3.8) is 0 Å². The number of hydrogen-bond donors (Lipinski definition) is 0. The second-order valence-corrected chi connectivity index (χ2v) is 7.48. The van der Waals surface area contributed by atoms with Crippen LogP contribution in [0.3, 0.4) is 0 Å². The largest absolute Gasteiger partial charge is 0.243 e. The first-order valence-corrected chi connectivity index (χ1v) is 8.64. The Kier molecular flexibility index (Phi) is 4.87. The zero-order chi connectivity index (χ0) is 13.9. The van der Waals surface area contributed by atoms with E-state index in [2.05, 4.69) is 0 Å². The van der Waals surface area contributed by atoms with Crippen LogP contribution in [0.4, 0.5) is 0 Å². The summed E-state index contributed by atoms with van der Waals surface area (Å²) in [7, 11) is -3.35. The maximum Gasteiger partial charge on any atom is 0.243 e. The number of rotatable bonds is 4. The van der Waals surface area contributed by atoms with Crippen LogP contribution >= 0.6 is 11.6 Å². The summed E-state index contributed by atoms with van der Waals surface area (Å²) in [5.41, 5.74) is 0.968. The zero-order valence-electron chi connectivity index (χ0n) is 11.2. The van der Waals surface area contributed by atoms with Crippen LogP contribution in [0.5, 0.6) is 0 Å². The number of halogens is 1. The van der Waals surface area contributed by atoms with Gasteiger partial charge >= 0.3 is 0 Å². The molecule has 19 heavy (non-hydrogen) atoms. The molecule has 1 heterocycles. The van der Waals surface area contributed by atoms with E-state index in [0.717, 1.165) is 24.8 Å². The lowest BCUT2D eigenvalue weighted by atomic mass is 9.97. The molecule has 1 unspecified atom stereocenters. The molecule has 2 rings (SSSR count). The van der Waals surface area contributed by atoms with Crippen molar-refractivity contribution in [1.82, 2.24) is 4.31 Å². The molecule has 106 valence electrons. The third kappa shape index (κ3) is 3.50. The average Bonchev–Trinajstić information content (AvgIpc) is 2.39. The van der Waals surface area contributed by atoms with Gasteiger partial charge in [0.05, 0.1) is 4.90 Å². The van der Waals surface area contributed by atoms with Crippen molar-refractivity contribution in [3.05, 3.63) is 29.8 Å². The highest BCUT2D eigenvalue weighted by molar-refractivity contribution is 7.89. The predicted octanol–water partition coefficient (Wildman–Crippen LogP) is 3.02. The minimum absolute atomic E-state index is 0.394. The van der Waals surface area contributed by atoms with Crippen LogP contribution in [0.25, 0.3) is 0 Å². The second kappa shape index (κ2) is 6.25. The van der Waals surface area contributed by atoms with Crippen LogP contribution in [0.15, 0.2) is 29.2 Å². The highest BCUT2D eigenvalue weighted by atomic mass is 35.5. The summed E-state index contributed by atoms with van der Waals surface area (Å²) in [5.74, 6) is 0.994. The molecular weight excluding hydrogens is 282 g/mol. The lowest BCUT2D eigenvalue weighted by molar-refractivity contribution is 0.262. The van der Waals surface area contributed by atoms with Crippen LogP contribution < -0.4 is 0 Å². The van der Waals surface area contributed by atoms with E-state index in [0.29, 0.717) is 29.8 Å². The molecule has 1 fully saturated rings. The van der Waals surface area contributed by atoms with E-state index >= 15 is 0 Å². The molecule has 5 heteroatoms. The van der Waals surface area contributed by atoms with Gasteiger partial charge in [0.15, 0.2) is 0 Å². The minimum atomic E-state index is -3.35. The number of sulfonamides is 1. The first-order valence-electron chi connectivity index (χ1n) is 6.67. The van der Waals surface area contributed by atoms with E-state index in [1.165, 1.54) is 0 Å². The fourth-order valence-electron chi connectivity index (χ4n) is 2.56. The van der Waals surface area contributed by atoms with E-state index < -0.39 is 10.0 Å². The maximum atomic E-state index is 12.6. The summed E-state index contributed by atoms with van der Waals surface area (Å²) in [6.45, 7) is 3.13. The normalized spacial score (nSPS) is 21.5. The molecule has 0 amide bonds. The van der Waals surface area contributed by atoms with Crippen molar-refractivity contribution in [3.8, 4) is 0 Å². The fourth-order valence-corrected chi connectivity index (χ4v) is 4.53. The standard InChI is InChI=1S/C14H20ClNO2S/c1-12-4-2-6-14(10-12)19(17,18)16-9-3-5-13(11-16)7-8-15/h2,4,6,10,13H,3,5,7-9,11H2,1H3. The molecule has 0 aliphatic carbocycles. The lowest BCUT2D eigenvalue weighted by Gasteiger charge is -2.31. The summed E-state index contributed by atoms with van der Waals surface area (Å²) >= 11 is 5.77. The Morgan fingerprint density at radius 1 is 1.42 bits per heavy atom. The molecule has 1 aliphatic heterocycles. The third-order valence-corrected chi connectivity index (χ3v) is 5.71. The molecule has 1 aromatic carbocycles. The molecule has 0 radical (unpaired) electrons. The van der Waals surface area contributed by atoms with Gasteiger partial charge in [0.1, 0.15) is 0 Å². The molecule has 0 aromatic heterocycles. The molecule has 0 saturated carbocycles. The minimum Gasteiger partial charge on any atom is -0.207 e. The number of nitrogens with zero attached hydrogens (tertiary/aromatic N) is 1. The van der Waals surface area contributed by atoms with Crippen LogP contribution in [-0.4, -0.2) is 31.7 Å². The first-order chi connectivity index (χ1) is 9.04. The molecule has 1 saturated heterocycles. The van der Waals surface area contributed by atoms with Crippen molar-refractivity contribution in [2.75, 3.05) is 19.0 Å². The van der Waals surface area contributed by atoms with Gasteiger partial charge in [0.2, 0.25) is 10.0 Å². The van der Waals surface area contributed by atoms with Crippen LogP contribution in [-0.2, 0) is 10.0 Å². The Morgan fingerprint density at radius 3 is 2.89 bits per heavy atom.